The second-order valence-corrected chi connectivity index (χ2v) is 13.1. The molecule has 0 bridgehead atoms. The highest BCUT2D eigenvalue weighted by Gasteiger charge is 2.41. The minimum atomic E-state index is -4.46. The predicted octanol–water partition coefficient (Wildman–Crippen LogP) is 5.63. The molecule has 5 rings (SSSR count). The van der Waals surface area contributed by atoms with Crippen LogP contribution >= 0.6 is 11.3 Å². The number of rotatable bonds is 7. The molecule has 3 aromatic carbocycles. The summed E-state index contributed by atoms with van der Waals surface area (Å²) >= 11 is 1.46. The Bertz CT molecular complexity index is 1600. The first-order chi connectivity index (χ1) is 19.4. The third-order valence-corrected chi connectivity index (χ3v) is 10.1. The molecule has 2 heterocycles. The molecule has 41 heavy (non-hydrogen) atoms. The summed E-state index contributed by atoms with van der Waals surface area (Å²) in [7, 11) is -4.03. The van der Waals surface area contributed by atoms with Gasteiger partial charge in [0.1, 0.15) is 6.04 Å². The lowest BCUT2D eigenvalue weighted by Crippen LogP contribution is -2.60. The summed E-state index contributed by atoms with van der Waals surface area (Å²) < 4.78 is 68.6. The van der Waals surface area contributed by atoms with Crippen LogP contribution < -0.4 is 10.2 Å². The number of para-hydroxylation sites is 1. The number of benzene rings is 3. The van der Waals surface area contributed by atoms with E-state index in [1.165, 1.54) is 27.8 Å². The molecule has 1 aromatic heterocycles. The van der Waals surface area contributed by atoms with Gasteiger partial charge in [-0.2, -0.15) is 17.5 Å². The zero-order chi connectivity index (χ0) is 29.4. The van der Waals surface area contributed by atoms with Crippen molar-refractivity contribution >= 4 is 42.6 Å². The molecule has 1 N–H and O–H groups in total. The molecule has 0 spiro atoms. The van der Waals surface area contributed by atoms with Gasteiger partial charge in [-0.25, -0.2) is 13.4 Å². The first kappa shape index (κ1) is 29.0. The number of sulfonamides is 1. The third-order valence-electron chi connectivity index (χ3n) is 7.09. The van der Waals surface area contributed by atoms with Crippen molar-refractivity contribution < 1.29 is 26.4 Å². The van der Waals surface area contributed by atoms with Gasteiger partial charge < -0.3 is 10.2 Å². The zero-order valence-corrected chi connectivity index (χ0v) is 24.1. The number of amides is 1. The number of nitrogens with zero attached hydrogens (tertiary/aromatic N) is 3. The van der Waals surface area contributed by atoms with Gasteiger partial charge >= 0.3 is 6.18 Å². The highest BCUT2D eigenvalue weighted by molar-refractivity contribution is 7.89. The van der Waals surface area contributed by atoms with Crippen LogP contribution in [0.15, 0.2) is 77.7 Å². The normalized spacial score (nSPS) is 16.8. The molecule has 0 saturated carbocycles. The van der Waals surface area contributed by atoms with Crippen LogP contribution in [0.3, 0.4) is 0 Å². The smallest absolute Gasteiger partial charge is 0.351 e. The number of piperazine rings is 1. The number of carbonyl (C=O) groups excluding carboxylic acids is 1. The molecule has 1 fully saturated rings. The highest BCUT2D eigenvalue weighted by Crippen LogP contribution is 2.32. The lowest BCUT2D eigenvalue weighted by Gasteiger charge is -2.39. The number of aromatic nitrogens is 1. The Morgan fingerprint density at radius 3 is 2.34 bits per heavy atom. The van der Waals surface area contributed by atoms with Gasteiger partial charge in [-0.1, -0.05) is 61.6 Å². The maximum atomic E-state index is 13.8. The van der Waals surface area contributed by atoms with Crippen molar-refractivity contribution in [2.45, 2.75) is 43.4 Å². The Morgan fingerprint density at radius 2 is 1.71 bits per heavy atom. The molecule has 216 valence electrons. The van der Waals surface area contributed by atoms with E-state index in [1.807, 2.05) is 43.0 Å². The molecule has 1 amide bonds. The predicted molar refractivity (Wildman–Crippen MR) is 153 cm³/mol. The van der Waals surface area contributed by atoms with E-state index >= 15 is 0 Å². The Hall–Kier alpha value is -3.48. The quantitative estimate of drug-likeness (QED) is 0.296. The molecule has 4 aromatic rings. The average molecular weight is 603 g/mol. The molecule has 0 radical (unpaired) electrons. The van der Waals surface area contributed by atoms with Crippen molar-refractivity contribution in [3.05, 3.63) is 89.5 Å². The van der Waals surface area contributed by atoms with E-state index in [2.05, 4.69) is 10.3 Å². The van der Waals surface area contributed by atoms with E-state index in [-0.39, 0.29) is 30.4 Å². The SMILES string of the molecule is CC(C)c1ccc(S(=O)(=O)N2CCN(c3nc4ccccc4s3)CC2C(=O)NCc2ccc(C(F)(F)F)cc2)cc1. The zero-order valence-electron chi connectivity index (χ0n) is 22.4. The van der Waals surface area contributed by atoms with Gasteiger partial charge in [0.05, 0.1) is 20.7 Å². The van der Waals surface area contributed by atoms with Crippen LogP contribution in [0.5, 0.6) is 0 Å². The monoisotopic (exact) mass is 602 g/mol. The number of fused-ring (bicyclic) bond motifs is 1. The second kappa shape index (κ2) is 11.4. The summed E-state index contributed by atoms with van der Waals surface area (Å²) in [4.78, 5) is 20.2. The fourth-order valence-corrected chi connectivity index (χ4v) is 7.29. The van der Waals surface area contributed by atoms with Crippen LogP contribution in [0.2, 0.25) is 0 Å². The Morgan fingerprint density at radius 1 is 1.02 bits per heavy atom. The summed E-state index contributed by atoms with van der Waals surface area (Å²) in [5, 5.41) is 3.42. The van der Waals surface area contributed by atoms with Gasteiger partial charge in [0, 0.05) is 26.2 Å². The summed E-state index contributed by atoms with van der Waals surface area (Å²) in [6, 6.07) is 17.7. The van der Waals surface area contributed by atoms with Crippen LogP contribution in [0.25, 0.3) is 10.2 Å². The molecule has 12 heteroatoms. The highest BCUT2D eigenvalue weighted by atomic mass is 32.2. The van der Waals surface area contributed by atoms with E-state index in [0.717, 1.165) is 27.9 Å². The lowest BCUT2D eigenvalue weighted by atomic mass is 10.0. The first-order valence-electron chi connectivity index (χ1n) is 13.1. The summed E-state index contributed by atoms with van der Waals surface area (Å²) in [6.45, 7) is 4.45. The van der Waals surface area contributed by atoms with Crippen LogP contribution in [0.1, 0.15) is 36.5 Å². The van der Waals surface area contributed by atoms with Crippen LogP contribution in [0, 0.1) is 0 Å². The number of halogens is 3. The van der Waals surface area contributed by atoms with Crippen molar-refractivity contribution in [3.8, 4) is 0 Å². The Kier molecular flexibility index (Phi) is 8.09. The van der Waals surface area contributed by atoms with Gasteiger partial charge in [0.15, 0.2) is 5.13 Å². The number of alkyl halides is 3. The van der Waals surface area contributed by atoms with E-state index in [4.69, 9.17) is 0 Å². The van der Waals surface area contributed by atoms with E-state index in [9.17, 15) is 26.4 Å². The Labute approximate surface area is 240 Å². The summed E-state index contributed by atoms with van der Waals surface area (Å²) in [6.07, 6.45) is -4.46. The fraction of sp³-hybridized carbons (Fsp3) is 0.310. The van der Waals surface area contributed by atoms with Crippen molar-refractivity contribution in [1.82, 2.24) is 14.6 Å². The topological polar surface area (TPSA) is 82.6 Å². The second-order valence-electron chi connectivity index (χ2n) is 10.2. The average Bonchev–Trinajstić information content (AvgIpc) is 3.40. The van der Waals surface area contributed by atoms with Gasteiger partial charge in [-0.15, -0.1) is 0 Å². The molecule has 1 saturated heterocycles. The Balaban J connectivity index is 1.40. The number of carbonyl (C=O) groups is 1. The van der Waals surface area contributed by atoms with Gasteiger partial charge in [0.25, 0.3) is 0 Å². The molecule has 1 unspecified atom stereocenters. The largest absolute Gasteiger partial charge is 0.416 e. The number of nitrogens with one attached hydrogen (secondary N) is 1. The fourth-order valence-electron chi connectivity index (χ4n) is 4.72. The lowest BCUT2D eigenvalue weighted by molar-refractivity contribution is -0.137. The molecule has 1 aliphatic heterocycles. The molecule has 7 nitrogen and oxygen atoms in total. The maximum Gasteiger partial charge on any atom is 0.416 e. The summed E-state index contributed by atoms with van der Waals surface area (Å²) in [5.74, 6) is -0.314. The van der Waals surface area contributed by atoms with Gasteiger partial charge in [-0.3, -0.25) is 4.79 Å². The van der Waals surface area contributed by atoms with Crippen molar-refractivity contribution in [2.75, 3.05) is 24.5 Å². The van der Waals surface area contributed by atoms with E-state index < -0.39 is 33.7 Å². The molecular weight excluding hydrogens is 573 g/mol. The molecule has 1 atom stereocenters. The van der Waals surface area contributed by atoms with E-state index in [0.29, 0.717) is 17.2 Å². The molecular formula is C29H29F3N4O3S2. The number of anilines is 1. The summed E-state index contributed by atoms with van der Waals surface area (Å²) in [5.41, 5.74) is 1.49. The van der Waals surface area contributed by atoms with E-state index in [1.54, 1.807) is 24.3 Å². The third kappa shape index (κ3) is 6.24. The van der Waals surface area contributed by atoms with Gasteiger partial charge in [0.2, 0.25) is 15.9 Å². The first-order valence-corrected chi connectivity index (χ1v) is 15.4. The number of hydrogen-bond donors (Lipinski definition) is 1. The molecule has 0 aliphatic carbocycles. The molecule has 1 aliphatic rings. The van der Waals surface area contributed by atoms with Crippen LogP contribution in [0.4, 0.5) is 18.3 Å². The maximum absolute atomic E-state index is 13.8. The van der Waals surface area contributed by atoms with Crippen LogP contribution in [-0.4, -0.2) is 49.3 Å². The number of hydrogen-bond acceptors (Lipinski definition) is 6. The van der Waals surface area contributed by atoms with Crippen molar-refractivity contribution in [1.29, 1.82) is 0 Å². The standard InChI is InChI=1S/C29H29F3N4O3S2/c1-19(2)21-9-13-23(14-10-21)41(38,39)36-16-15-35(28-34-24-5-3-4-6-26(24)40-28)18-25(36)27(37)33-17-20-7-11-22(12-8-20)29(30,31)32/h3-14,19,25H,15-18H2,1-2H3,(H,33,37). The van der Waals surface area contributed by atoms with Crippen molar-refractivity contribution in [2.24, 2.45) is 0 Å². The number of thiazole rings is 1. The van der Waals surface area contributed by atoms with Gasteiger partial charge in [-0.05, 0) is 53.4 Å². The minimum Gasteiger partial charge on any atom is -0.351 e. The van der Waals surface area contributed by atoms with Crippen LogP contribution in [-0.2, 0) is 27.5 Å². The van der Waals surface area contributed by atoms with Crippen molar-refractivity contribution in [3.63, 3.8) is 0 Å². The minimum absolute atomic E-state index is 0.0500.